The van der Waals surface area contributed by atoms with Crippen molar-refractivity contribution in [3.8, 4) is 0 Å². The molecule has 2 fully saturated rings. The summed E-state index contributed by atoms with van der Waals surface area (Å²) in [6, 6.07) is 13.7. The molecule has 2 aromatic rings. The van der Waals surface area contributed by atoms with E-state index in [4.69, 9.17) is 0 Å². The molecule has 1 aromatic carbocycles. The fourth-order valence-corrected chi connectivity index (χ4v) is 4.06. The molecule has 0 aliphatic carbocycles. The fraction of sp³-hybridized carbons (Fsp3) is 0.381. The van der Waals surface area contributed by atoms with Crippen LogP contribution in [0.25, 0.3) is 0 Å². The van der Waals surface area contributed by atoms with Crippen LogP contribution in [0.15, 0.2) is 54.9 Å². The summed E-state index contributed by atoms with van der Waals surface area (Å²) >= 11 is 0. The molecule has 2 saturated heterocycles. The average Bonchev–Trinajstić information content (AvgIpc) is 3.10. The lowest BCUT2D eigenvalue weighted by Gasteiger charge is -2.33. The monoisotopic (exact) mass is 349 g/mol. The molecule has 5 heteroatoms. The Morgan fingerprint density at radius 3 is 2.31 bits per heavy atom. The second-order valence-electron chi connectivity index (χ2n) is 7.05. The first-order valence-electron chi connectivity index (χ1n) is 9.29. The van der Waals surface area contributed by atoms with Gasteiger partial charge >= 0.3 is 0 Å². The van der Waals surface area contributed by atoms with Crippen molar-refractivity contribution < 1.29 is 9.59 Å². The molecule has 2 aliphatic rings. The first kappa shape index (κ1) is 16.8. The predicted octanol–water partition coefficient (Wildman–Crippen LogP) is 2.84. The third-order valence-corrected chi connectivity index (χ3v) is 5.56. The van der Waals surface area contributed by atoms with Gasteiger partial charge in [0.2, 0.25) is 11.8 Å². The van der Waals surface area contributed by atoms with E-state index in [-0.39, 0.29) is 11.8 Å². The van der Waals surface area contributed by atoms with Crippen LogP contribution in [-0.2, 0) is 9.59 Å². The summed E-state index contributed by atoms with van der Waals surface area (Å²) in [6.07, 6.45) is 6.14. The standard InChI is InChI=1S/C21H23N3O2/c25-20(19-10-15-24(21(19)26)18-4-2-1-3-5-18)23-13-8-17(9-14-23)16-6-11-22-12-7-16/h1-7,11-12,17,19H,8-10,13-15H2. The van der Waals surface area contributed by atoms with Gasteiger partial charge in [-0.1, -0.05) is 18.2 Å². The number of carbonyl (C=O) groups excluding carboxylic acids is 2. The molecule has 2 aliphatic heterocycles. The molecule has 0 N–H and O–H groups in total. The molecule has 1 atom stereocenters. The Kier molecular flexibility index (Phi) is 4.69. The van der Waals surface area contributed by atoms with Gasteiger partial charge in [0.15, 0.2) is 0 Å². The highest BCUT2D eigenvalue weighted by Crippen LogP contribution is 2.31. The zero-order valence-electron chi connectivity index (χ0n) is 14.8. The van der Waals surface area contributed by atoms with Crippen molar-refractivity contribution in [3.63, 3.8) is 0 Å². The SMILES string of the molecule is O=C(C1CCN(c2ccccc2)C1=O)N1CCC(c2ccncc2)CC1. The number of aromatic nitrogens is 1. The smallest absolute Gasteiger partial charge is 0.239 e. The number of carbonyl (C=O) groups is 2. The van der Waals surface area contributed by atoms with E-state index >= 15 is 0 Å². The summed E-state index contributed by atoms with van der Waals surface area (Å²) in [4.78, 5) is 33.3. The lowest BCUT2D eigenvalue weighted by molar-refractivity contribution is -0.140. The van der Waals surface area contributed by atoms with E-state index < -0.39 is 5.92 Å². The van der Waals surface area contributed by atoms with Gasteiger partial charge in [0, 0.05) is 37.7 Å². The third-order valence-electron chi connectivity index (χ3n) is 5.56. The van der Waals surface area contributed by atoms with E-state index in [1.807, 2.05) is 47.6 Å². The number of hydrogen-bond donors (Lipinski definition) is 0. The average molecular weight is 349 g/mol. The number of piperidine rings is 1. The molecule has 0 bridgehead atoms. The number of rotatable bonds is 3. The van der Waals surface area contributed by atoms with Crippen molar-refractivity contribution in [2.45, 2.75) is 25.2 Å². The van der Waals surface area contributed by atoms with Crippen LogP contribution in [0.3, 0.4) is 0 Å². The second kappa shape index (κ2) is 7.28. The first-order valence-corrected chi connectivity index (χ1v) is 9.29. The van der Waals surface area contributed by atoms with Gasteiger partial charge in [-0.15, -0.1) is 0 Å². The predicted molar refractivity (Wildman–Crippen MR) is 99.7 cm³/mol. The Hall–Kier alpha value is -2.69. The summed E-state index contributed by atoms with van der Waals surface area (Å²) < 4.78 is 0. The number of pyridine rings is 1. The second-order valence-corrected chi connectivity index (χ2v) is 7.05. The highest BCUT2D eigenvalue weighted by atomic mass is 16.2. The van der Waals surface area contributed by atoms with Gasteiger partial charge in [0.1, 0.15) is 5.92 Å². The maximum atomic E-state index is 12.9. The molecule has 1 aromatic heterocycles. The van der Waals surface area contributed by atoms with Gasteiger partial charge in [-0.3, -0.25) is 14.6 Å². The van der Waals surface area contributed by atoms with Crippen LogP contribution in [0.1, 0.15) is 30.7 Å². The lowest BCUT2D eigenvalue weighted by Crippen LogP contribution is -2.43. The van der Waals surface area contributed by atoms with Gasteiger partial charge < -0.3 is 9.80 Å². The Bertz CT molecular complexity index is 770. The largest absolute Gasteiger partial charge is 0.342 e. The van der Waals surface area contributed by atoms with Crippen LogP contribution >= 0.6 is 0 Å². The lowest BCUT2D eigenvalue weighted by atomic mass is 9.89. The molecule has 0 spiro atoms. The van der Waals surface area contributed by atoms with Gasteiger partial charge in [-0.25, -0.2) is 0 Å². The van der Waals surface area contributed by atoms with Crippen molar-refractivity contribution in [3.05, 3.63) is 60.4 Å². The van der Waals surface area contributed by atoms with Crippen LogP contribution in [-0.4, -0.2) is 41.3 Å². The van der Waals surface area contributed by atoms with Gasteiger partial charge in [-0.2, -0.15) is 0 Å². The van der Waals surface area contributed by atoms with E-state index in [0.717, 1.165) is 31.6 Å². The summed E-state index contributed by atoms with van der Waals surface area (Å²) in [5.41, 5.74) is 2.17. The Balaban J connectivity index is 1.38. The van der Waals surface area contributed by atoms with Gasteiger partial charge in [0.05, 0.1) is 0 Å². The minimum absolute atomic E-state index is 0.00149. The van der Waals surface area contributed by atoms with Crippen LogP contribution in [0.4, 0.5) is 5.69 Å². The van der Waals surface area contributed by atoms with Gasteiger partial charge in [0.25, 0.3) is 0 Å². The zero-order chi connectivity index (χ0) is 17.9. The van der Waals surface area contributed by atoms with E-state index in [2.05, 4.69) is 17.1 Å². The molecule has 4 rings (SSSR count). The Morgan fingerprint density at radius 1 is 0.923 bits per heavy atom. The molecule has 0 radical (unpaired) electrons. The van der Waals surface area contributed by atoms with E-state index in [1.165, 1.54) is 5.56 Å². The van der Waals surface area contributed by atoms with E-state index in [1.54, 1.807) is 4.90 Å². The number of benzene rings is 1. The molecule has 1 unspecified atom stereocenters. The molecule has 3 heterocycles. The highest BCUT2D eigenvalue weighted by Gasteiger charge is 2.40. The van der Waals surface area contributed by atoms with Crippen LogP contribution < -0.4 is 4.90 Å². The van der Waals surface area contributed by atoms with E-state index in [0.29, 0.717) is 18.9 Å². The topological polar surface area (TPSA) is 53.5 Å². The van der Waals surface area contributed by atoms with E-state index in [9.17, 15) is 9.59 Å². The van der Waals surface area contributed by atoms with Crippen molar-refractivity contribution in [1.82, 2.24) is 9.88 Å². The van der Waals surface area contributed by atoms with Crippen molar-refractivity contribution in [1.29, 1.82) is 0 Å². The van der Waals surface area contributed by atoms with Crippen LogP contribution in [0.2, 0.25) is 0 Å². The number of hydrogen-bond acceptors (Lipinski definition) is 3. The molecule has 2 amide bonds. The molecule has 26 heavy (non-hydrogen) atoms. The number of likely N-dealkylation sites (tertiary alicyclic amines) is 1. The number of para-hydroxylation sites is 1. The summed E-state index contributed by atoms with van der Waals surface area (Å²) in [5.74, 6) is -0.103. The van der Waals surface area contributed by atoms with Crippen LogP contribution in [0.5, 0.6) is 0 Å². The Morgan fingerprint density at radius 2 is 1.62 bits per heavy atom. The normalized spacial score (nSPS) is 21.2. The number of amides is 2. The first-order chi connectivity index (χ1) is 12.7. The molecule has 5 nitrogen and oxygen atoms in total. The minimum Gasteiger partial charge on any atom is -0.342 e. The maximum absolute atomic E-state index is 12.9. The van der Waals surface area contributed by atoms with Crippen LogP contribution in [0, 0.1) is 5.92 Å². The summed E-state index contributed by atoms with van der Waals surface area (Å²) in [7, 11) is 0. The summed E-state index contributed by atoms with van der Waals surface area (Å²) in [5, 5.41) is 0. The third kappa shape index (κ3) is 3.21. The maximum Gasteiger partial charge on any atom is 0.239 e. The summed E-state index contributed by atoms with van der Waals surface area (Å²) in [6.45, 7) is 2.06. The molecule has 0 saturated carbocycles. The zero-order valence-corrected chi connectivity index (χ0v) is 14.8. The number of nitrogens with zero attached hydrogens (tertiary/aromatic N) is 3. The molecular weight excluding hydrogens is 326 g/mol. The van der Waals surface area contributed by atoms with Crippen molar-refractivity contribution in [2.24, 2.45) is 5.92 Å². The quantitative estimate of drug-likeness (QED) is 0.801. The Labute approximate surface area is 153 Å². The molecular formula is C21H23N3O2. The minimum atomic E-state index is -0.521. The van der Waals surface area contributed by atoms with Crippen molar-refractivity contribution >= 4 is 17.5 Å². The van der Waals surface area contributed by atoms with Gasteiger partial charge in [-0.05, 0) is 55.0 Å². The highest BCUT2D eigenvalue weighted by molar-refractivity contribution is 6.09. The molecule has 134 valence electrons. The fourth-order valence-electron chi connectivity index (χ4n) is 4.06. The van der Waals surface area contributed by atoms with Crippen molar-refractivity contribution in [2.75, 3.05) is 24.5 Å². The number of anilines is 1.